The number of carbonyl (C=O) groups is 1. The normalized spacial score (nSPS) is 12.9. The number of aliphatic hydroxyl groups is 1. The van der Waals surface area contributed by atoms with Gasteiger partial charge in [-0.3, -0.25) is 5.10 Å². The summed E-state index contributed by atoms with van der Waals surface area (Å²) in [4.78, 5) is 10.3. The molecule has 0 aliphatic rings. The molecular weight excluding hydrogens is 148 g/mol. The van der Waals surface area contributed by atoms with Gasteiger partial charge >= 0.3 is 5.97 Å². The largest absolute Gasteiger partial charge is 0.479 e. The molecular formula is C6H8N2O3. The molecule has 1 unspecified atom stereocenters. The maximum absolute atomic E-state index is 10.3. The number of aromatic amines is 1. The van der Waals surface area contributed by atoms with Crippen molar-refractivity contribution < 1.29 is 15.0 Å². The summed E-state index contributed by atoms with van der Waals surface area (Å²) in [6.45, 7) is 1.65. The minimum absolute atomic E-state index is 0.303. The molecule has 1 aromatic rings. The van der Waals surface area contributed by atoms with Crippen LogP contribution in [0.15, 0.2) is 6.20 Å². The van der Waals surface area contributed by atoms with E-state index in [9.17, 15) is 4.79 Å². The van der Waals surface area contributed by atoms with Gasteiger partial charge in [0.1, 0.15) is 0 Å². The molecule has 0 fully saturated rings. The van der Waals surface area contributed by atoms with Crippen molar-refractivity contribution in [2.24, 2.45) is 0 Å². The van der Waals surface area contributed by atoms with Crippen LogP contribution in [-0.2, 0) is 4.79 Å². The number of nitrogens with zero attached hydrogens (tertiary/aromatic N) is 1. The minimum Gasteiger partial charge on any atom is -0.479 e. The Balaban J connectivity index is 2.92. The molecule has 5 nitrogen and oxygen atoms in total. The highest BCUT2D eigenvalue weighted by molar-refractivity contribution is 5.74. The smallest absolute Gasteiger partial charge is 0.337 e. The van der Waals surface area contributed by atoms with Crippen LogP contribution in [0.2, 0.25) is 0 Å². The van der Waals surface area contributed by atoms with E-state index >= 15 is 0 Å². The summed E-state index contributed by atoms with van der Waals surface area (Å²) in [5, 5.41) is 23.5. The van der Waals surface area contributed by atoms with E-state index < -0.39 is 12.1 Å². The van der Waals surface area contributed by atoms with Gasteiger partial charge in [0, 0.05) is 11.3 Å². The van der Waals surface area contributed by atoms with Gasteiger partial charge in [0.2, 0.25) is 0 Å². The maximum atomic E-state index is 10.3. The summed E-state index contributed by atoms with van der Waals surface area (Å²) in [5.74, 6) is -1.27. The van der Waals surface area contributed by atoms with Crippen molar-refractivity contribution in [3.8, 4) is 0 Å². The average Bonchev–Trinajstić information content (AvgIpc) is 2.33. The molecule has 0 spiro atoms. The first-order valence-electron chi connectivity index (χ1n) is 3.03. The molecule has 1 heterocycles. The highest BCUT2D eigenvalue weighted by Gasteiger charge is 2.18. The topological polar surface area (TPSA) is 86.2 Å². The fourth-order valence-corrected chi connectivity index (χ4v) is 0.769. The average molecular weight is 156 g/mol. The first kappa shape index (κ1) is 7.74. The quantitative estimate of drug-likeness (QED) is 0.555. The first-order chi connectivity index (χ1) is 5.13. The number of nitrogens with one attached hydrogen (secondary N) is 1. The second kappa shape index (κ2) is 2.71. The zero-order chi connectivity index (χ0) is 8.43. The number of aryl methyl sites for hydroxylation is 1. The number of H-pyrrole nitrogens is 1. The van der Waals surface area contributed by atoms with Crippen LogP contribution < -0.4 is 0 Å². The van der Waals surface area contributed by atoms with E-state index in [1.165, 1.54) is 6.20 Å². The summed E-state index contributed by atoms with van der Waals surface area (Å²) in [6.07, 6.45) is -0.178. The predicted octanol–water partition coefficient (Wildman–Crippen LogP) is -0.164. The van der Waals surface area contributed by atoms with E-state index in [0.717, 1.165) is 0 Å². The summed E-state index contributed by atoms with van der Waals surface area (Å²) in [6, 6.07) is 0. The third kappa shape index (κ3) is 1.38. The van der Waals surface area contributed by atoms with Crippen molar-refractivity contribution >= 4 is 5.97 Å². The first-order valence-corrected chi connectivity index (χ1v) is 3.03. The number of aliphatic carboxylic acids is 1. The number of hydrogen-bond acceptors (Lipinski definition) is 3. The van der Waals surface area contributed by atoms with Gasteiger partial charge in [-0.1, -0.05) is 0 Å². The second-order valence-corrected chi connectivity index (χ2v) is 2.19. The number of hydrogen-bond donors (Lipinski definition) is 3. The second-order valence-electron chi connectivity index (χ2n) is 2.19. The molecule has 0 aliphatic heterocycles. The Labute approximate surface area is 62.7 Å². The summed E-state index contributed by atoms with van der Waals surface area (Å²) in [5.41, 5.74) is 0.873. The van der Waals surface area contributed by atoms with Crippen molar-refractivity contribution in [3.05, 3.63) is 17.5 Å². The van der Waals surface area contributed by atoms with Gasteiger partial charge in [-0.15, -0.1) is 0 Å². The lowest BCUT2D eigenvalue weighted by Gasteiger charge is -2.01. The molecule has 11 heavy (non-hydrogen) atoms. The van der Waals surface area contributed by atoms with E-state index in [1.807, 2.05) is 0 Å². The third-order valence-corrected chi connectivity index (χ3v) is 1.40. The molecule has 0 bridgehead atoms. The molecule has 0 saturated carbocycles. The van der Waals surface area contributed by atoms with Gasteiger partial charge < -0.3 is 10.2 Å². The van der Waals surface area contributed by atoms with Crippen LogP contribution in [0.1, 0.15) is 17.4 Å². The van der Waals surface area contributed by atoms with E-state index in [1.54, 1.807) is 6.92 Å². The van der Waals surface area contributed by atoms with Crippen LogP contribution in [0.3, 0.4) is 0 Å². The Bertz CT molecular complexity index is 269. The zero-order valence-corrected chi connectivity index (χ0v) is 5.90. The van der Waals surface area contributed by atoms with Crippen LogP contribution in [0.4, 0.5) is 0 Å². The van der Waals surface area contributed by atoms with Crippen molar-refractivity contribution in [2.75, 3.05) is 0 Å². The highest BCUT2D eigenvalue weighted by Crippen LogP contribution is 2.14. The van der Waals surface area contributed by atoms with Crippen molar-refractivity contribution in [1.29, 1.82) is 0 Å². The molecule has 0 saturated heterocycles. The fraction of sp³-hybridized carbons (Fsp3) is 0.333. The van der Waals surface area contributed by atoms with Gasteiger partial charge in [0.15, 0.2) is 6.10 Å². The predicted molar refractivity (Wildman–Crippen MR) is 35.9 cm³/mol. The maximum Gasteiger partial charge on any atom is 0.337 e. The highest BCUT2D eigenvalue weighted by atomic mass is 16.4. The number of aliphatic hydroxyl groups excluding tert-OH is 1. The lowest BCUT2D eigenvalue weighted by Crippen LogP contribution is -2.10. The summed E-state index contributed by atoms with van der Waals surface area (Å²) < 4.78 is 0. The Morgan fingerprint density at radius 1 is 1.82 bits per heavy atom. The molecule has 1 atom stereocenters. The standard InChI is InChI=1S/C6H8N2O3/c1-3-4(2-7-8-3)5(9)6(10)11/h2,5,9H,1H3,(H,7,8)(H,10,11). The number of carboxylic acids is 1. The Morgan fingerprint density at radius 3 is 2.82 bits per heavy atom. The molecule has 0 aromatic carbocycles. The van der Waals surface area contributed by atoms with E-state index in [0.29, 0.717) is 11.3 Å². The van der Waals surface area contributed by atoms with Crippen LogP contribution >= 0.6 is 0 Å². The van der Waals surface area contributed by atoms with Gasteiger partial charge in [-0.2, -0.15) is 5.10 Å². The van der Waals surface area contributed by atoms with E-state index in [-0.39, 0.29) is 0 Å². The van der Waals surface area contributed by atoms with E-state index in [2.05, 4.69) is 10.2 Å². The van der Waals surface area contributed by atoms with Crippen LogP contribution in [0, 0.1) is 6.92 Å². The fourth-order valence-electron chi connectivity index (χ4n) is 0.769. The Kier molecular flexibility index (Phi) is 1.91. The van der Waals surface area contributed by atoms with E-state index in [4.69, 9.17) is 10.2 Å². The molecule has 3 N–H and O–H groups in total. The number of aromatic nitrogens is 2. The van der Waals surface area contributed by atoms with Crippen LogP contribution in [0.5, 0.6) is 0 Å². The Morgan fingerprint density at radius 2 is 2.45 bits per heavy atom. The minimum atomic E-state index is -1.48. The SMILES string of the molecule is Cc1[nH]ncc1C(O)C(=O)O. The van der Waals surface area contributed by atoms with Crippen molar-refractivity contribution in [1.82, 2.24) is 10.2 Å². The van der Waals surface area contributed by atoms with Crippen LogP contribution in [0.25, 0.3) is 0 Å². The molecule has 0 amide bonds. The molecule has 5 heteroatoms. The van der Waals surface area contributed by atoms with Gasteiger partial charge in [-0.25, -0.2) is 4.79 Å². The summed E-state index contributed by atoms with van der Waals surface area (Å²) >= 11 is 0. The molecule has 0 radical (unpaired) electrons. The molecule has 1 aromatic heterocycles. The number of carboxylic acid groups (broad SMARTS) is 1. The lowest BCUT2D eigenvalue weighted by molar-refractivity contribution is -0.147. The Hall–Kier alpha value is -1.36. The third-order valence-electron chi connectivity index (χ3n) is 1.40. The van der Waals surface area contributed by atoms with Gasteiger partial charge in [-0.05, 0) is 6.92 Å². The molecule has 60 valence electrons. The van der Waals surface area contributed by atoms with Gasteiger partial charge in [0.25, 0.3) is 0 Å². The molecule has 1 rings (SSSR count). The lowest BCUT2D eigenvalue weighted by atomic mass is 10.1. The van der Waals surface area contributed by atoms with Gasteiger partial charge in [0.05, 0.1) is 6.20 Å². The van der Waals surface area contributed by atoms with Crippen LogP contribution in [-0.4, -0.2) is 26.4 Å². The number of rotatable bonds is 2. The zero-order valence-electron chi connectivity index (χ0n) is 5.90. The summed E-state index contributed by atoms with van der Waals surface area (Å²) in [7, 11) is 0. The van der Waals surface area contributed by atoms with Crippen molar-refractivity contribution in [2.45, 2.75) is 13.0 Å². The molecule has 0 aliphatic carbocycles. The van der Waals surface area contributed by atoms with Crippen molar-refractivity contribution in [3.63, 3.8) is 0 Å². The monoisotopic (exact) mass is 156 g/mol.